The van der Waals surface area contributed by atoms with Crippen molar-refractivity contribution in [3.63, 3.8) is 0 Å². The van der Waals surface area contributed by atoms with Gasteiger partial charge in [-0.2, -0.15) is 0 Å². The molecule has 17 heavy (non-hydrogen) atoms. The van der Waals surface area contributed by atoms with Crippen LogP contribution in [0.4, 0.5) is 0 Å². The molecular formula is C14H26N2O. The molecule has 0 radical (unpaired) electrons. The molecule has 0 saturated carbocycles. The Morgan fingerprint density at radius 1 is 1.35 bits per heavy atom. The van der Waals surface area contributed by atoms with E-state index in [4.69, 9.17) is 4.42 Å². The molecule has 98 valence electrons. The van der Waals surface area contributed by atoms with E-state index in [2.05, 4.69) is 38.0 Å². The Morgan fingerprint density at radius 2 is 2.00 bits per heavy atom. The van der Waals surface area contributed by atoms with E-state index < -0.39 is 0 Å². The molecular weight excluding hydrogens is 212 g/mol. The first-order valence-electron chi connectivity index (χ1n) is 6.43. The normalized spacial score (nSPS) is 15.9. The summed E-state index contributed by atoms with van der Waals surface area (Å²) < 4.78 is 5.75. The van der Waals surface area contributed by atoms with E-state index in [1.54, 1.807) is 0 Å². The Morgan fingerprint density at radius 3 is 2.53 bits per heavy atom. The number of oxazole rings is 1. The van der Waals surface area contributed by atoms with Crippen LogP contribution >= 0.6 is 0 Å². The number of hydrogen-bond donors (Lipinski definition) is 1. The van der Waals surface area contributed by atoms with Crippen LogP contribution in [-0.2, 0) is 6.42 Å². The third-order valence-electron chi connectivity index (χ3n) is 2.89. The van der Waals surface area contributed by atoms with Crippen molar-refractivity contribution in [1.82, 2.24) is 10.3 Å². The largest absolute Gasteiger partial charge is 0.444 e. The summed E-state index contributed by atoms with van der Waals surface area (Å²) in [7, 11) is 1.91. The quantitative estimate of drug-likeness (QED) is 0.852. The predicted molar refractivity (Wildman–Crippen MR) is 70.9 cm³/mol. The van der Waals surface area contributed by atoms with Crippen molar-refractivity contribution in [2.24, 2.45) is 11.3 Å². The molecule has 3 heteroatoms. The zero-order chi connectivity index (χ0) is 13.1. The van der Waals surface area contributed by atoms with E-state index >= 15 is 0 Å². The van der Waals surface area contributed by atoms with E-state index in [-0.39, 0.29) is 6.04 Å². The van der Waals surface area contributed by atoms with Gasteiger partial charge in [-0.1, -0.05) is 27.7 Å². The summed E-state index contributed by atoms with van der Waals surface area (Å²) >= 11 is 0. The Kier molecular flexibility index (Phi) is 4.75. The van der Waals surface area contributed by atoms with Gasteiger partial charge in [-0.25, -0.2) is 4.98 Å². The minimum absolute atomic E-state index is 0.182. The smallest absolute Gasteiger partial charge is 0.211 e. The van der Waals surface area contributed by atoms with Gasteiger partial charge in [0.2, 0.25) is 5.89 Å². The minimum atomic E-state index is 0.182. The number of nitrogens with zero attached hydrogens (tertiary/aromatic N) is 1. The van der Waals surface area contributed by atoms with E-state index in [9.17, 15) is 0 Å². The fourth-order valence-electron chi connectivity index (χ4n) is 2.20. The Labute approximate surface area is 105 Å². The molecule has 0 bridgehead atoms. The lowest BCUT2D eigenvalue weighted by Crippen LogP contribution is -2.13. The Hall–Kier alpha value is -0.830. The third-order valence-corrected chi connectivity index (χ3v) is 2.89. The zero-order valence-electron chi connectivity index (χ0n) is 12.0. The number of rotatable bonds is 5. The fraction of sp³-hybridized carbons (Fsp3) is 0.786. The van der Waals surface area contributed by atoms with Gasteiger partial charge in [-0.05, 0) is 31.7 Å². The second-order valence-electron chi connectivity index (χ2n) is 6.25. The maximum atomic E-state index is 5.75. The highest BCUT2D eigenvalue weighted by atomic mass is 16.4. The van der Waals surface area contributed by atoms with Gasteiger partial charge in [0.25, 0.3) is 0 Å². The van der Waals surface area contributed by atoms with Crippen LogP contribution in [0.25, 0.3) is 0 Å². The highest BCUT2D eigenvalue weighted by molar-refractivity contribution is 4.98. The number of nitrogens with one attached hydrogen (secondary N) is 1. The van der Waals surface area contributed by atoms with Gasteiger partial charge >= 0.3 is 0 Å². The van der Waals surface area contributed by atoms with Crippen LogP contribution in [0.2, 0.25) is 0 Å². The van der Waals surface area contributed by atoms with Crippen molar-refractivity contribution in [1.29, 1.82) is 0 Å². The Bertz CT molecular complexity index is 338. The number of hydrogen-bond acceptors (Lipinski definition) is 3. The monoisotopic (exact) mass is 238 g/mol. The van der Waals surface area contributed by atoms with E-state index in [0.717, 1.165) is 18.1 Å². The van der Waals surface area contributed by atoms with Crippen molar-refractivity contribution in [3.8, 4) is 0 Å². The van der Waals surface area contributed by atoms with Crippen LogP contribution in [0.15, 0.2) is 10.6 Å². The second kappa shape index (κ2) is 5.67. The van der Waals surface area contributed by atoms with E-state index in [0.29, 0.717) is 11.3 Å². The van der Waals surface area contributed by atoms with Crippen LogP contribution in [0.1, 0.15) is 58.7 Å². The van der Waals surface area contributed by atoms with Gasteiger partial charge < -0.3 is 9.73 Å². The lowest BCUT2D eigenvalue weighted by molar-refractivity contribution is 0.292. The van der Waals surface area contributed by atoms with Crippen molar-refractivity contribution < 1.29 is 4.42 Å². The van der Waals surface area contributed by atoms with E-state index in [1.165, 1.54) is 6.42 Å². The van der Waals surface area contributed by atoms with Crippen molar-refractivity contribution in [3.05, 3.63) is 17.8 Å². The van der Waals surface area contributed by atoms with Gasteiger partial charge in [0, 0.05) is 6.42 Å². The average Bonchev–Trinajstić information content (AvgIpc) is 2.62. The molecule has 0 spiro atoms. The predicted octanol–water partition coefficient (Wildman–Crippen LogP) is 3.57. The first kappa shape index (κ1) is 14.2. The fourth-order valence-corrected chi connectivity index (χ4v) is 2.20. The van der Waals surface area contributed by atoms with Gasteiger partial charge in [-0.15, -0.1) is 0 Å². The molecule has 1 aromatic heterocycles. The molecule has 0 fully saturated rings. The SMILES string of the molecule is CNC(C)c1ncc(CC(C)CC(C)(C)C)o1. The molecule has 1 rings (SSSR count). The van der Waals surface area contributed by atoms with Crippen LogP contribution in [0.5, 0.6) is 0 Å². The molecule has 3 nitrogen and oxygen atoms in total. The molecule has 2 unspecified atom stereocenters. The molecule has 0 aliphatic rings. The summed E-state index contributed by atoms with van der Waals surface area (Å²) in [6, 6.07) is 0.182. The van der Waals surface area contributed by atoms with Crippen LogP contribution < -0.4 is 5.32 Å². The maximum Gasteiger partial charge on any atom is 0.211 e. The third kappa shape index (κ3) is 4.90. The van der Waals surface area contributed by atoms with Gasteiger partial charge in [0.05, 0.1) is 12.2 Å². The summed E-state index contributed by atoms with van der Waals surface area (Å²) in [5, 5.41) is 3.13. The van der Waals surface area contributed by atoms with E-state index in [1.807, 2.05) is 20.2 Å². The van der Waals surface area contributed by atoms with Crippen molar-refractivity contribution >= 4 is 0 Å². The number of aromatic nitrogens is 1. The summed E-state index contributed by atoms with van der Waals surface area (Å²) in [4.78, 5) is 4.31. The summed E-state index contributed by atoms with van der Waals surface area (Å²) in [6.07, 6.45) is 4.04. The van der Waals surface area contributed by atoms with Crippen LogP contribution in [0, 0.1) is 11.3 Å². The maximum absolute atomic E-state index is 5.75. The molecule has 0 aliphatic carbocycles. The standard InChI is InChI=1S/C14H26N2O/c1-10(8-14(3,4)5)7-12-9-16-13(17-12)11(2)15-6/h9-11,15H,7-8H2,1-6H3. The summed E-state index contributed by atoms with van der Waals surface area (Å²) in [6.45, 7) is 11.2. The van der Waals surface area contributed by atoms with Gasteiger partial charge in [0.15, 0.2) is 0 Å². The van der Waals surface area contributed by atoms with Crippen molar-refractivity contribution in [2.45, 2.75) is 53.5 Å². The highest BCUT2D eigenvalue weighted by Crippen LogP contribution is 2.26. The molecule has 0 amide bonds. The van der Waals surface area contributed by atoms with Crippen molar-refractivity contribution in [2.75, 3.05) is 7.05 Å². The molecule has 1 heterocycles. The Balaban J connectivity index is 2.54. The second-order valence-corrected chi connectivity index (χ2v) is 6.25. The molecule has 1 aromatic rings. The lowest BCUT2D eigenvalue weighted by atomic mass is 9.84. The average molecular weight is 238 g/mol. The summed E-state index contributed by atoms with van der Waals surface area (Å²) in [5.74, 6) is 2.41. The van der Waals surface area contributed by atoms with Gasteiger partial charge in [0.1, 0.15) is 5.76 Å². The molecule has 0 aromatic carbocycles. The topological polar surface area (TPSA) is 38.1 Å². The summed E-state index contributed by atoms with van der Waals surface area (Å²) in [5.41, 5.74) is 0.376. The molecule has 2 atom stereocenters. The van der Waals surface area contributed by atoms with Crippen LogP contribution in [-0.4, -0.2) is 12.0 Å². The van der Waals surface area contributed by atoms with Crippen LogP contribution in [0.3, 0.4) is 0 Å². The zero-order valence-corrected chi connectivity index (χ0v) is 12.0. The first-order valence-corrected chi connectivity index (χ1v) is 6.43. The minimum Gasteiger partial charge on any atom is -0.444 e. The highest BCUT2D eigenvalue weighted by Gasteiger charge is 2.18. The lowest BCUT2D eigenvalue weighted by Gasteiger charge is -2.22. The molecule has 0 aliphatic heterocycles. The van der Waals surface area contributed by atoms with Gasteiger partial charge in [-0.3, -0.25) is 0 Å². The molecule has 1 N–H and O–H groups in total. The molecule has 0 saturated heterocycles. The first-order chi connectivity index (χ1) is 7.81.